The Morgan fingerprint density at radius 2 is 1.57 bits per heavy atom. The number of nitrogens with zero attached hydrogens (tertiary/aromatic N) is 1. The van der Waals surface area contributed by atoms with Crippen LogP contribution in [-0.4, -0.2) is 37.0 Å². The van der Waals surface area contributed by atoms with Crippen LogP contribution in [0.1, 0.15) is 89.9 Å². The third-order valence-corrected chi connectivity index (χ3v) is 5.68. The van der Waals surface area contributed by atoms with Crippen LogP contribution >= 0.6 is 0 Å². The van der Waals surface area contributed by atoms with Gasteiger partial charge >= 0.3 is 0 Å². The number of amides is 1. The Balaban J connectivity index is 1.39. The van der Waals surface area contributed by atoms with E-state index in [1.165, 1.54) is 90.3 Å². The molecule has 1 N–H and O–H groups in total. The lowest BCUT2D eigenvalue weighted by Gasteiger charge is -2.21. The van der Waals surface area contributed by atoms with E-state index < -0.39 is 0 Å². The highest BCUT2D eigenvalue weighted by Crippen LogP contribution is 2.27. The van der Waals surface area contributed by atoms with Gasteiger partial charge in [0.05, 0.1) is 0 Å². The predicted molar refractivity (Wildman–Crippen MR) is 97.6 cm³/mol. The monoisotopic (exact) mass is 322 g/mol. The van der Waals surface area contributed by atoms with Gasteiger partial charge in [-0.2, -0.15) is 0 Å². The van der Waals surface area contributed by atoms with E-state index in [-0.39, 0.29) is 5.91 Å². The van der Waals surface area contributed by atoms with Crippen molar-refractivity contribution in [2.75, 3.05) is 26.2 Å². The minimum absolute atomic E-state index is 0.281. The third kappa shape index (κ3) is 8.74. The summed E-state index contributed by atoms with van der Waals surface area (Å²) in [6.45, 7) is 4.74. The number of carbonyl (C=O) groups is 1. The van der Waals surface area contributed by atoms with Gasteiger partial charge in [0.1, 0.15) is 0 Å². The lowest BCUT2D eigenvalue weighted by molar-refractivity contribution is -0.121. The highest BCUT2D eigenvalue weighted by Gasteiger charge is 2.14. The fraction of sp³-hybridized carbons (Fsp3) is 0.950. The minimum atomic E-state index is 0.281. The van der Waals surface area contributed by atoms with Crippen molar-refractivity contribution < 1.29 is 4.79 Å². The van der Waals surface area contributed by atoms with Gasteiger partial charge in [-0.1, -0.05) is 51.4 Å². The van der Waals surface area contributed by atoms with E-state index in [1.807, 2.05) is 0 Å². The summed E-state index contributed by atoms with van der Waals surface area (Å²) < 4.78 is 0. The molecule has 0 radical (unpaired) electrons. The average molecular weight is 323 g/mol. The first-order chi connectivity index (χ1) is 11.3. The summed E-state index contributed by atoms with van der Waals surface area (Å²) in [5.74, 6) is 1.10. The molecule has 0 unspecified atom stereocenters. The van der Waals surface area contributed by atoms with Crippen molar-refractivity contribution in [2.45, 2.75) is 89.9 Å². The molecule has 2 rings (SSSR count). The van der Waals surface area contributed by atoms with Gasteiger partial charge in [0.2, 0.25) is 5.91 Å². The van der Waals surface area contributed by atoms with Crippen LogP contribution in [-0.2, 0) is 4.79 Å². The van der Waals surface area contributed by atoms with E-state index in [4.69, 9.17) is 0 Å². The minimum Gasteiger partial charge on any atom is -0.356 e. The molecule has 0 aromatic heterocycles. The molecule has 3 nitrogen and oxygen atoms in total. The highest BCUT2D eigenvalue weighted by molar-refractivity contribution is 5.75. The van der Waals surface area contributed by atoms with Crippen LogP contribution < -0.4 is 5.32 Å². The van der Waals surface area contributed by atoms with Crippen LogP contribution in [0.4, 0.5) is 0 Å². The van der Waals surface area contributed by atoms with Crippen LogP contribution in [0.25, 0.3) is 0 Å². The quantitative estimate of drug-likeness (QED) is 0.633. The Hall–Kier alpha value is -0.570. The summed E-state index contributed by atoms with van der Waals surface area (Å²) in [5, 5.41) is 3.12. The first-order valence-corrected chi connectivity index (χ1v) is 10.3. The van der Waals surface area contributed by atoms with Gasteiger partial charge in [-0.25, -0.2) is 0 Å². The molecule has 2 fully saturated rings. The third-order valence-electron chi connectivity index (χ3n) is 5.68. The molecule has 3 heteroatoms. The van der Waals surface area contributed by atoms with Crippen LogP contribution in [0.2, 0.25) is 0 Å². The number of rotatable bonds is 9. The molecule has 0 bridgehead atoms. The molecule has 134 valence electrons. The zero-order valence-electron chi connectivity index (χ0n) is 15.2. The summed E-state index contributed by atoms with van der Waals surface area (Å²) in [6.07, 6.45) is 18.0. The number of likely N-dealkylation sites (tertiary alicyclic amines) is 1. The molecule has 2 aliphatic rings. The fourth-order valence-corrected chi connectivity index (χ4v) is 4.12. The van der Waals surface area contributed by atoms with Gasteiger partial charge in [0.15, 0.2) is 0 Å². The lowest BCUT2D eigenvalue weighted by atomic mass is 9.86. The smallest absolute Gasteiger partial charge is 0.220 e. The Morgan fingerprint density at radius 3 is 2.30 bits per heavy atom. The number of hydrogen-bond donors (Lipinski definition) is 1. The van der Waals surface area contributed by atoms with E-state index in [1.54, 1.807) is 0 Å². The summed E-state index contributed by atoms with van der Waals surface area (Å²) in [4.78, 5) is 14.5. The lowest BCUT2D eigenvalue weighted by Crippen LogP contribution is -2.27. The molecular weight excluding hydrogens is 284 g/mol. The van der Waals surface area contributed by atoms with Crippen molar-refractivity contribution in [3.63, 3.8) is 0 Å². The van der Waals surface area contributed by atoms with Gasteiger partial charge in [0, 0.05) is 13.0 Å². The molecule has 1 amide bonds. The molecule has 1 aliphatic heterocycles. The van der Waals surface area contributed by atoms with Crippen molar-refractivity contribution in [2.24, 2.45) is 5.92 Å². The van der Waals surface area contributed by atoms with E-state index in [0.29, 0.717) is 0 Å². The van der Waals surface area contributed by atoms with Gasteiger partial charge in [-0.3, -0.25) is 4.79 Å². The van der Waals surface area contributed by atoms with E-state index in [9.17, 15) is 4.79 Å². The van der Waals surface area contributed by atoms with Crippen molar-refractivity contribution in [3.8, 4) is 0 Å². The summed E-state index contributed by atoms with van der Waals surface area (Å²) in [6, 6.07) is 0. The van der Waals surface area contributed by atoms with Crippen LogP contribution in [0.15, 0.2) is 0 Å². The molecule has 0 aromatic carbocycles. The number of nitrogens with one attached hydrogen (secondary N) is 1. The fourth-order valence-electron chi connectivity index (χ4n) is 4.12. The second-order valence-corrected chi connectivity index (χ2v) is 7.71. The van der Waals surface area contributed by atoms with Crippen molar-refractivity contribution >= 4 is 5.91 Å². The summed E-state index contributed by atoms with van der Waals surface area (Å²) in [7, 11) is 0. The Bertz CT molecular complexity index is 305. The molecule has 0 aromatic rings. The second-order valence-electron chi connectivity index (χ2n) is 7.71. The van der Waals surface area contributed by atoms with Crippen molar-refractivity contribution in [1.82, 2.24) is 10.2 Å². The molecule has 1 saturated heterocycles. The average Bonchev–Trinajstić information content (AvgIpc) is 2.86. The Morgan fingerprint density at radius 1 is 0.870 bits per heavy atom. The molecule has 23 heavy (non-hydrogen) atoms. The number of hydrogen-bond acceptors (Lipinski definition) is 2. The van der Waals surface area contributed by atoms with Crippen LogP contribution in [0, 0.1) is 5.92 Å². The zero-order chi connectivity index (χ0) is 16.2. The highest BCUT2D eigenvalue weighted by atomic mass is 16.1. The SMILES string of the molecule is O=C(CCC1CCCCC1)NCCCCCN1CCCCCC1. The van der Waals surface area contributed by atoms with E-state index in [0.717, 1.165) is 31.7 Å². The predicted octanol–water partition coefficient (Wildman–Crippen LogP) is 4.51. The van der Waals surface area contributed by atoms with Crippen LogP contribution in [0.5, 0.6) is 0 Å². The van der Waals surface area contributed by atoms with Crippen LogP contribution in [0.3, 0.4) is 0 Å². The molecule has 0 spiro atoms. The molecule has 1 aliphatic carbocycles. The maximum absolute atomic E-state index is 11.9. The van der Waals surface area contributed by atoms with Gasteiger partial charge in [-0.05, 0) is 57.7 Å². The topological polar surface area (TPSA) is 32.3 Å². The van der Waals surface area contributed by atoms with E-state index >= 15 is 0 Å². The number of unbranched alkanes of at least 4 members (excludes halogenated alkanes) is 2. The summed E-state index contributed by atoms with van der Waals surface area (Å²) in [5.41, 5.74) is 0. The molecule has 1 heterocycles. The maximum atomic E-state index is 11.9. The molecule has 1 saturated carbocycles. The largest absolute Gasteiger partial charge is 0.356 e. The number of carbonyl (C=O) groups excluding carboxylic acids is 1. The van der Waals surface area contributed by atoms with Gasteiger partial charge < -0.3 is 10.2 Å². The molecule has 0 atom stereocenters. The summed E-state index contributed by atoms with van der Waals surface area (Å²) >= 11 is 0. The first-order valence-electron chi connectivity index (χ1n) is 10.3. The Labute approximate surface area is 143 Å². The van der Waals surface area contributed by atoms with E-state index in [2.05, 4.69) is 10.2 Å². The van der Waals surface area contributed by atoms with Crippen molar-refractivity contribution in [3.05, 3.63) is 0 Å². The first kappa shape index (κ1) is 18.8. The van der Waals surface area contributed by atoms with Gasteiger partial charge in [-0.15, -0.1) is 0 Å². The van der Waals surface area contributed by atoms with Gasteiger partial charge in [0.25, 0.3) is 0 Å². The normalized spacial score (nSPS) is 21.0. The second kappa shape index (κ2) is 11.9. The van der Waals surface area contributed by atoms with Crippen molar-refractivity contribution in [1.29, 1.82) is 0 Å². The molecular formula is C20H38N2O. The maximum Gasteiger partial charge on any atom is 0.220 e. The standard InChI is InChI=1S/C20H38N2O/c23-20(14-13-19-11-5-3-6-12-19)21-15-7-4-10-18-22-16-8-1-2-9-17-22/h19H,1-18H2,(H,21,23). The Kier molecular flexibility index (Phi) is 9.70. The zero-order valence-corrected chi connectivity index (χ0v) is 15.2.